The summed E-state index contributed by atoms with van der Waals surface area (Å²) in [6, 6.07) is 10.5. The number of anilines is 1. The van der Waals surface area contributed by atoms with Crippen molar-refractivity contribution in [2.45, 2.75) is 26.7 Å². The van der Waals surface area contributed by atoms with Gasteiger partial charge in [-0.1, -0.05) is 35.8 Å². The molecule has 1 aromatic carbocycles. The first kappa shape index (κ1) is 20.6. The smallest absolute Gasteiger partial charge is 0.271 e. The van der Waals surface area contributed by atoms with Crippen LogP contribution < -0.4 is 16.2 Å². The average Bonchev–Trinajstić information content (AvgIpc) is 2.59. The minimum atomic E-state index is -0.584. The predicted octanol–water partition coefficient (Wildman–Crippen LogP) is 3.05. The highest BCUT2D eigenvalue weighted by Gasteiger charge is 2.25. The molecule has 0 saturated carbocycles. The highest BCUT2D eigenvalue weighted by molar-refractivity contribution is 9.10. The van der Waals surface area contributed by atoms with Gasteiger partial charge in [0.05, 0.1) is 5.56 Å². The van der Waals surface area contributed by atoms with Crippen LogP contribution in [0.1, 0.15) is 37.0 Å². The second kappa shape index (κ2) is 9.27. The maximum absolute atomic E-state index is 12.2. The van der Waals surface area contributed by atoms with Gasteiger partial charge in [-0.2, -0.15) is 0 Å². The molecule has 3 amide bonds. The Kier molecular flexibility index (Phi) is 7.06. The van der Waals surface area contributed by atoms with E-state index < -0.39 is 11.3 Å². The monoisotopic (exact) mass is 432 g/mol. The van der Waals surface area contributed by atoms with Gasteiger partial charge in [0.2, 0.25) is 11.8 Å². The third-order valence-corrected chi connectivity index (χ3v) is 4.12. The van der Waals surface area contributed by atoms with E-state index in [1.165, 1.54) is 6.20 Å². The van der Waals surface area contributed by atoms with E-state index in [9.17, 15) is 14.4 Å². The molecule has 142 valence electrons. The fourth-order valence-electron chi connectivity index (χ4n) is 2.44. The van der Waals surface area contributed by atoms with Gasteiger partial charge >= 0.3 is 0 Å². The first-order chi connectivity index (χ1) is 12.7. The second-order valence-corrected chi connectivity index (χ2v) is 7.74. The van der Waals surface area contributed by atoms with E-state index in [0.29, 0.717) is 11.3 Å². The van der Waals surface area contributed by atoms with E-state index in [1.54, 1.807) is 30.5 Å². The fraction of sp³-hybridized carbons (Fsp3) is 0.263. The molecule has 1 aromatic heterocycles. The van der Waals surface area contributed by atoms with Crippen molar-refractivity contribution < 1.29 is 14.4 Å². The molecule has 0 radical (unpaired) electrons. The Morgan fingerprint density at radius 2 is 1.78 bits per heavy atom. The molecule has 27 heavy (non-hydrogen) atoms. The summed E-state index contributed by atoms with van der Waals surface area (Å²) in [5.41, 5.74) is 5.13. The van der Waals surface area contributed by atoms with Crippen molar-refractivity contribution in [1.82, 2.24) is 15.8 Å². The second-order valence-electron chi connectivity index (χ2n) is 6.82. The molecule has 3 N–H and O–H groups in total. The van der Waals surface area contributed by atoms with Gasteiger partial charge < -0.3 is 5.32 Å². The van der Waals surface area contributed by atoms with Crippen molar-refractivity contribution in [3.8, 4) is 0 Å². The highest BCUT2D eigenvalue weighted by Crippen LogP contribution is 2.26. The van der Waals surface area contributed by atoms with Crippen LogP contribution >= 0.6 is 15.9 Å². The molecule has 0 unspecified atom stereocenters. The van der Waals surface area contributed by atoms with Gasteiger partial charge in [-0.05, 0) is 35.7 Å². The number of nitrogens with one attached hydrogen (secondary N) is 3. The largest absolute Gasteiger partial charge is 0.326 e. The predicted molar refractivity (Wildman–Crippen MR) is 106 cm³/mol. The SMILES string of the molecule is CC(C)(CC(=O)NNC(=O)c1cccnc1)CC(=O)Nc1cccc(Br)c1. The molecule has 0 aliphatic rings. The van der Waals surface area contributed by atoms with Gasteiger partial charge in [0.1, 0.15) is 0 Å². The lowest BCUT2D eigenvalue weighted by Crippen LogP contribution is -2.43. The van der Waals surface area contributed by atoms with Crippen LogP contribution in [0.5, 0.6) is 0 Å². The van der Waals surface area contributed by atoms with Gasteiger partial charge in [-0.25, -0.2) is 0 Å². The van der Waals surface area contributed by atoms with Gasteiger partial charge in [0.25, 0.3) is 5.91 Å². The Bertz CT molecular complexity index is 825. The molecule has 8 heteroatoms. The van der Waals surface area contributed by atoms with E-state index in [4.69, 9.17) is 0 Å². The number of pyridine rings is 1. The third kappa shape index (κ3) is 7.18. The van der Waals surface area contributed by atoms with E-state index in [1.807, 2.05) is 26.0 Å². The zero-order chi connectivity index (χ0) is 19.9. The van der Waals surface area contributed by atoms with E-state index in [-0.39, 0.29) is 24.7 Å². The minimum Gasteiger partial charge on any atom is -0.326 e. The molecule has 1 heterocycles. The molecular weight excluding hydrogens is 412 g/mol. The number of nitrogens with zero attached hydrogens (tertiary/aromatic N) is 1. The molecule has 0 atom stereocenters. The lowest BCUT2D eigenvalue weighted by Gasteiger charge is -2.23. The first-order valence-electron chi connectivity index (χ1n) is 8.30. The number of carbonyl (C=O) groups is 3. The Morgan fingerprint density at radius 1 is 1.04 bits per heavy atom. The van der Waals surface area contributed by atoms with Gasteiger partial charge in [-0.3, -0.25) is 30.2 Å². The van der Waals surface area contributed by atoms with Crippen LogP contribution in [0.2, 0.25) is 0 Å². The van der Waals surface area contributed by atoms with Crippen molar-refractivity contribution >= 4 is 39.3 Å². The first-order valence-corrected chi connectivity index (χ1v) is 9.09. The Balaban J connectivity index is 1.81. The number of hydrogen-bond donors (Lipinski definition) is 3. The Hall–Kier alpha value is -2.74. The van der Waals surface area contributed by atoms with E-state index in [2.05, 4.69) is 37.1 Å². The van der Waals surface area contributed by atoms with Crippen molar-refractivity contribution in [3.05, 3.63) is 58.8 Å². The number of aromatic nitrogens is 1. The summed E-state index contributed by atoms with van der Waals surface area (Å²) < 4.78 is 0.864. The van der Waals surface area contributed by atoms with Crippen molar-refractivity contribution in [1.29, 1.82) is 0 Å². The maximum Gasteiger partial charge on any atom is 0.271 e. The van der Waals surface area contributed by atoms with Crippen molar-refractivity contribution in [2.24, 2.45) is 5.41 Å². The van der Waals surface area contributed by atoms with Crippen molar-refractivity contribution in [3.63, 3.8) is 0 Å². The lowest BCUT2D eigenvalue weighted by molar-refractivity contribution is -0.124. The van der Waals surface area contributed by atoms with Crippen LogP contribution in [0, 0.1) is 5.41 Å². The average molecular weight is 433 g/mol. The molecule has 0 aliphatic heterocycles. The Morgan fingerprint density at radius 3 is 2.44 bits per heavy atom. The van der Waals surface area contributed by atoms with Gasteiger partial charge in [-0.15, -0.1) is 0 Å². The number of halogens is 1. The summed E-state index contributed by atoms with van der Waals surface area (Å²) in [6.07, 6.45) is 3.18. The zero-order valence-corrected chi connectivity index (χ0v) is 16.7. The van der Waals surface area contributed by atoms with Crippen LogP contribution in [0.15, 0.2) is 53.3 Å². The zero-order valence-electron chi connectivity index (χ0n) is 15.1. The van der Waals surface area contributed by atoms with Crippen LogP contribution in [-0.2, 0) is 9.59 Å². The summed E-state index contributed by atoms with van der Waals surface area (Å²) in [5.74, 6) is -1.03. The quantitative estimate of drug-likeness (QED) is 0.610. The van der Waals surface area contributed by atoms with Gasteiger partial charge in [0.15, 0.2) is 0 Å². The number of hydrogen-bond acceptors (Lipinski definition) is 4. The summed E-state index contributed by atoms with van der Waals surface area (Å²) in [5, 5.41) is 2.81. The Labute approximate surface area is 166 Å². The molecule has 0 bridgehead atoms. The number of benzene rings is 1. The summed E-state index contributed by atoms with van der Waals surface area (Å²) >= 11 is 3.35. The molecule has 0 saturated heterocycles. The van der Waals surface area contributed by atoms with Crippen LogP contribution in [0.25, 0.3) is 0 Å². The lowest BCUT2D eigenvalue weighted by atomic mass is 9.85. The fourth-order valence-corrected chi connectivity index (χ4v) is 2.84. The minimum absolute atomic E-state index is 0.0756. The molecule has 0 fully saturated rings. The van der Waals surface area contributed by atoms with Crippen molar-refractivity contribution in [2.75, 3.05) is 5.32 Å². The molecule has 2 rings (SSSR count). The maximum atomic E-state index is 12.2. The van der Waals surface area contributed by atoms with Crippen LogP contribution in [0.3, 0.4) is 0 Å². The number of rotatable bonds is 6. The van der Waals surface area contributed by atoms with Crippen LogP contribution in [-0.4, -0.2) is 22.7 Å². The number of carbonyl (C=O) groups excluding carboxylic acids is 3. The summed E-state index contributed by atoms with van der Waals surface area (Å²) in [4.78, 5) is 40.1. The molecule has 2 aromatic rings. The van der Waals surface area contributed by atoms with Gasteiger partial charge in [0, 0.05) is 35.4 Å². The molecular formula is C19H21BrN4O3. The van der Waals surface area contributed by atoms with Crippen LogP contribution in [0.4, 0.5) is 5.69 Å². The summed E-state index contributed by atoms with van der Waals surface area (Å²) in [6.45, 7) is 3.63. The normalized spacial score (nSPS) is 10.8. The third-order valence-electron chi connectivity index (χ3n) is 3.63. The molecule has 0 spiro atoms. The molecule has 7 nitrogen and oxygen atoms in total. The van der Waals surface area contributed by atoms with E-state index in [0.717, 1.165) is 4.47 Å². The molecule has 0 aliphatic carbocycles. The topological polar surface area (TPSA) is 100 Å². The number of hydrazine groups is 1. The highest BCUT2D eigenvalue weighted by atomic mass is 79.9. The summed E-state index contributed by atoms with van der Waals surface area (Å²) in [7, 11) is 0. The van der Waals surface area contributed by atoms with E-state index >= 15 is 0 Å². The number of amides is 3. The standard InChI is InChI=1S/C19H21BrN4O3/c1-19(2,10-16(25)22-15-7-3-6-14(20)9-15)11-17(26)23-24-18(27)13-5-4-8-21-12-13/h3-9,12H,10-11H2,1-2H3,(H,22,25)(H,23,26)(H,24,27).